The van der Waals surface area contributed by atoms with Gasteiger partial charge >= 0.3 is 0 Å². The van der Waals surface area contributed by atoms with Gasteiger partial charge in [0.1, 0.15) is 5.75 Å². The summed E-state index contributed by atoms with van der Waals surface area (Å²) in [5.41, 5.74) is 1.23. The maximum absolute atomic E-state index is 12.2. The minimum absolute atomic E-state index is 0.00550. The number of aryl methyl sites for hydroxylation is 2. The number of ether oxygens (including phenoxy) is 1. The molecule has 1 unspecified atom stereocenters. The average molecular weight is 414 g/mol. The van der Waals surface area contributed by atoms with E-state index in [9.17, 15) is 4.79 Å². The van der Waals surface area contributed by atoms with E-state index in [-0.39, 0.29) is 18.1 Å². The normalized spacial score (nSPS) is 12.1. The number of carbonyl (C=O) groups excluding carboxylic acids is 1. The number of aromatic nitrogens is 2. The minimum Gasteiger partial charge on any atom is -0.491 e. The van der Waals surface area contributed by atoms with E-state index >= 15 is 0 Å². The van der Waals surface area contributed by atoms with E-state index in [2.05, 4.69) is 27.6 Å². The van der Waals surface area contributed by atoms with Crippen LogP contribution < -0.4 is 10.1 Å². The van der Waals surface area contributed by atoms with Crippen molar-refractivity contribution in [2.45, 2.75) is 58.6 Å². The second kappa shape index (κ2) is 10.2. The SMILES string of the molecule is CC(CCc1ccc(OC(C)C)cc1)NC(=O)CCc1nc(-c2cccs2)no1. The number of amides is 1. The Bertz CT molecular complexity index is 888. The van der Waals surface area contributed by atoms with Crippen LogP contribution >= 0.6 is 11.3 Å². The lowest BCUT2D eigenvalue weighted by atomic mass is 10.1. The van der Waals surface area contributed by atoms with Gasteiger partial charge in [0, 0.05) is 18.9 Å². The molecule has 1 aromatic carbocycles. The van der Waals surface area contributed by atoms with E-state index < -0.39 is 0 Å². The number of carbonyl (C=O) groups is 1. The maximum Gasteiger partial charge on any atom is 0.227 e. The van der Waals surface area contributed by atoms with Crippen LogP contribution in [0.3, 0.4) is 0 Å². The monoisotopic (exact) mass is 413 g/mol. The molecular formula is C22H27N3O3S. The number of rotatable bonds is 10. The van der Waals surface area contributed by atoms with Gasteiger partial charge in [-0.05, 0) is 62.8 Å². The Morgan fingerprint density at radius 1 is 1.17 bits per heavy atom. The lowest BCUT2D eigenvalue weighted by Crippen LogP contribution is -2.33. The molecule has 0 fully saturated rings. The highest BCUT2D eigenvalue weighted by Gasteiger charge is 2.13. The molecule has 0 saturated heterocycles. The molecule has 0 saturated carbocycles. The predicted molar refractivity (Wildman–Crippen MR) is 114 cm³/mol. The van der Waals surface area contributed by atoms with Gasteiger partial charge in [-0.2, -0.15) is 4.98 Å². The van der Waals surface area contributed by atoms with E-state index in [0.29, 0.717) is 24.6 Å². The van der Waals surface area contributed by atoms with Crippen molar-refractivity contribution in [2.75, 3.05) is 0 Å². The summed E-state index contributed by atoms with van der Waals surface area (Å²) < 4.78 is 10.9. The summed E-state index contributed by atoms with van der Waals surface area (Å²) in [5.74, 6) is 1.94. The minimum atomic E-state index is -0.00550. The lowest BCUT2D eigenvalue weighted by molar-refractivity contribution is -0.121. The first-order chi connectivity index (χ1) is 14.0. The molecule has 0 bridgehead atoms. The van der Waals surface area contributed by atoms with Crippen molar-refractivity contribution >= 4 is 17.2 Å². The van der Waals surface area contributed by atoms with E-state index in [0.717, 1.165) is 23.5 Å². The third-order valence-corrected chi connectivity index (χ3v) is 5.21. The first-order valence-electron chi connectivity index (χ1n) is 9.91. The molecule has 6 nitrogen and oxygen atoms in total. The van der Waals surface area contributed by atoms with Gasteiger partial charge in [-0.25, -0.2) is 0 Å². The van der Waals surface area contributed by atoms with Gasteiger partial charge in [-0.1, -0.05) is 23.4 Å². The van der Waals surface area contributed by atoms with Gasteiger partial charge in [0.15, 0.2) is 0 Å². The first kappa shape index (κ1) is 21.0. The quantitative estimate of drug-likeness (QED) is 0.523. The van der Waals surface area contributed by atoms with Crippen molar-refractivity contribution in [3.63, 3.8) is 0 Å². The number of hydrogen-bond donors (Lipinski definition) is 1. The van der Waals surface area contributed by atoms with Crippen LogP contribution in [0.25, 0.3) is 10.7 Å². The van der Waals surface area contributed by atoms with Crippen molar-refractivity contribution in [3.05, 3.63) is 53.2 Å². The molecule has 2 aromatic heterocycles. The molecular weight excluding hydrogens is 386 g/mol. The predicted octanol–water partition coefficient (Wildman–Crippen LogP) is 4.66. The fourth-order valence-electron chi connectivity index (χ4n) is 2.89. The standard InChI is InChI=1S/C22H27N3O3S/c1-15(2)27-18-10-8-17(9-11-18)7-6-16(3)23-20(26)12-13-21-24-22(25-28-21)19-5-4-14-29-19/h4-5,8-11,14-16H,6-7,12-13H2,1-3H3,(H,23,26). The number of thiophene rings is 1. The van der Waals surface area contributed by atoms with Crippen LogP contribution in [0.5, 0.6) is 5.75 Å². The van der Waals surface area contributed by atoms with E-state index in [1.54, 1.807) is 11.3 Å². The van der Waals surface area contributed by atoms with Crippen LogP contribution in [-0.4, -0.2) is 28.2 Å². The Morgan fingerprint density at radius 3 is 2.66 bits per heavy atom. The fourth-order valence-corrected chi connectivity index (χ4v) is 3.54. The molecule has 29 heavy (non-hydrogen) atoms. The highest BCUT2D eigenvalue weighted by Crippen LogP contribution is 2.21. The second-order valence-electron chi connectivity index (χ2n) is 7.31. The summed E-state index contributed by atoms with van der Waals surface area (Å²) in [6.07, 6.45) is 2.72. The zero-order valence-corrected chi connectivity index (χ0v) is 17.9. The molecule has 1 N–H and O–H groups in total. The molecule has 0 aliphatic rings. The summed E-state index contributed by atoms with van der Waals surface area (Å²) >= 11 is 1.56. The van der Waals surface area contributed by atoms with Crippen molar-refractivity contribution in [1.29, 1.82) is 0 Å². The summed E-state index contributed by atoms with van der Waals surface area (Å²) in [7, 11) is 0. The molecule has 154 valence electrons. The van der Waals surface area contributed by atoms with Gasteiger partial charge in [-0.15, -0.1) is 11.3 Å². The Labute approximate surface area is 175 Å². The molecule has 0 aliphatic carbocycles. The Morgan fingerprint density at radius 2 is 1.97 bits per heavy atom. The summed E-state index contributed by atoms with van der Waals surface area (Å²) in [6.45, 7) is 6.05. The molecule has 0 radical (unpaired) electrons. The van der Waals surface area contributed by atoms with Gasteiger partial charge in [0.2, 0.25) is 17.6 Å². The van der Waals surface area contributed by atoms with Gasteiger partial charge < -0.3 is 14.6 Å². The van der Waals surface area contributed by atoms with Crippen LogP contribution in [0.15, 0.2) is 46.3 Å². The Kier molecular flexibility index (Phi) is 7.41. The van der Waals surface area contributed by atoms with Gasteiger partial charge in [-0.3, -0.25) is 4.79 Å². The third-order valence-electron chi connectivity index (χ3n) is 4.34. The van der Waals surface area contributed by atoms with Gasteiger partial charge in [0.05, 0.1) is 11.0 Å². The zero-order valence-electron chi connectivity index (χ0n) is 17.1. The van der Waals surface area contributed by atoms with Crippen molar-refractivity contribution in [1.82, 2.24) is 15.5 Å². The van der Waals surface area contributed by atoms with Crippen molar-refractivity contribution < 1.29 is 14.1 Å². The molecule has 0 spiro atoms. The number of nitrogens with zero attached hydrogens (tertiary/aromatic N) is 2. The summed E-state index contributed by atoms with van der Waals surface area (Å²) in [6, 6.07) is 12.1. The van der Waals surface area contributed by atoms with E-state index in [1.165, 1.54) is 5.56 Å². The Balaban J connectivity index is 1.38. The van der Waals surface area contributed by atoms with E-state index in [4.69, 9.17) is 9.26 Å². The maximum atomic E-state index is 12.2. The van der Waals surface area contributed by atoms with Crippen LogP contribution in [0.1, 0.15) is 45.1 Å². The second-order valence-corrected chi connectivity index (χ2v) is 8.25. The molecule has 2 heterocycles. The fraction of sp³-hybridized carbons (Fsp3) is 0.409. The van der Waals surface area contributed by atoms with Crippen LogP contribution in [0.4, 0.5) is 0 Å². The average Bonchev–Trinajstić information content (AvgIpc) is 3.37. The highest BCUT2D eigenvalue weighted by molar-refractivity contribution is 7.13. The zero-order chi connectivity index (χ0) is 20.6. The molecule has 3 rings (SSSR count). The topological polar surface area (TPSA) is 77.2 Å². The van der Waals surface area contributed by atoms with Crippen molar-refractivity contribution in [2.24, 2.45) is 0 Å². The lowest BCUT2D eigenvalue weighted by Gasteiger charge is -2.14. The van der Waals surface area contributed by atoms with E-state index in [1.807, 2.05) is 50.4 Å². The molecule has 1 atom stereocenters. The third kappa shape index (κ3) is 6.71. The van der Waals surface area contributed by atoms with Crippen LogP contribution in [0.2, 0.25) is 0 Å². The molecule has 0 aliphatic heterocycles. The number of nitrogens with one attached hydrogen (secondary N) is 1. The summed E-state index contributed by atoms with van der Waals surface area (Å²) in [5, 5.41) is 8.97. The highest BCUT2D eigenvalue weighted by atomic mass is 32.1. The number of hydrogen-bond acceptors (Lipinski definition) is 6. The molecule has 3 aromatic rings. The summed E-state index contributed by atoms with van der Waals surface area (Å²) in [4.78, 5) is 17.5. The van der Waals surface area contributed by atoms with Crippen molar-refractivity contribution in [3.8, 4) is 16.5 Å². The number of benzene rings is 1. The Hall–Kier alpha value is -2.67. The largest absolute Gasteiger partial charge is 0.491 e. The van der Waals surface area contributed by atoms with Gasteiger partial charge in [0.25, 0.3) is 0 Å². The van der Waals surface area contributed by atoms with Crippen LogP contribution in [0, 0.1) is 0 Å². The first-order valence-corrected chi connectivity index (χ1v) is 10.8. The molecule has 1 amide bonds. The molecule has 7 heteroatoms. The van der Waals surface area contributed by atoms with Crippen LogP contribution in [-0.2, 0) is 17.6 Å². The smallest absolute Gasteiger partial charge is 0.227 e.